The van der Waals surface area contributed by atoms with E-state index < -0.39 is 12.1 Å². The van der Waals surface area contributed by atoms with Gasteiger partial charge in [0.05, 0.1) is 21.3 Å². The second-order valence-corrected chi connectivity index (χ2v) is 3.59. The molecule has 0 bridgehead atoms. The maximum atomic E-state index is 10.6. The zero-order chi connectivity index (χ0) is 13.7. The zero-order valence-corrected chi connectivity index (χ0v) is 10.5. The van der Waals surface area contributed by atoms with Crippen LogP contribution in [0.2, 0.25) is 0 Å². The molecule has 1 aromatic carbocycles. The van der Waals surface area contributed by atoms with Crippen molar-refractivity contribution in [1.82, 2.24) is 0 Å². The summed E-state index contributed by atoms with van der Waals surface area (Å²) in [6.07, 6.45) is -1.50. The molecule has 1 atom stereocenters. The van der Waals surface area contributed by atoms with Gasteiger partial charge in [-0.2, -0.15) is 0 Å². The van der Waals surface area contributed by atoms with Crippen molar-refractivity contribution >= 4 is 5.97 Å². The summed E-state index contributed by atoms with van der Waals surface area (Å²) in [5.74, 6) is -0.00815. The minimum Gasteiger partial charge on any atom is -0.493 e. The maximum absolute atomic E-state index is 10.6. The van der Waals surface area contributed by atoms with Gasteiger partial charge in [0.2, 0.25) is 5.75 Å². The Balaban J connectivity index is 3.11. The Morgan fingerprint density at radius 2 is 1.67 bits per heavy atom. The third-order valence-electron chi connectivity index (χ3n) is 2.44. The van der Waals surface area contributed by atoms with E-state index in [0.29, 0.717) is 22.8 Å². The van der Waals surface area contributed by atoms with E-state index >= 15 is 0 Å². The zero-order valence-electron chi connectivity index (χ0n) is 10.5. The Bertz CT molecular complexity index is 404. The number of benzene rings is 1. The van der Waals surface area contributed by atoms with E-state index in [9.17, 15) is 9.90 Å². The molecule has 2 N–H and O–H groups in total. The number of aliphatic hydroxyl groups is 1. The summed E-state index contributed by atoms with van der Waals surface area (Å²) in [5.41, 5.74) is 0.583. The summed E-state index contributed by atoms with van der Waals surface area (Å²) in [5, 5.41) is 18.0. The fourth-order valence-electron chi connectivity index (χ4n) is 1.56. The normalized spacial score (nSPS) is 11.8. The molecule has 0 aliphatic carbocycles. The number of carbonyl (C=O) groups is 1. The van der Waals surface area contributed by atoms with Gasteiger partial charge in [-0.25, -0.2) is 4.79 Å². The topological polar surface area (TPSA) is 85.2 Å². The molecule has 0 heterocycles. The van der Waals surface area contributed by atoms with Crippen molar-refractivity contribution in [1.29, 1.82) is 0 Å². The van der Waals surface area contributed by atoms with E-state index in [1.807, 2.05) is 0 Å². The SMILES string of the molecule is COc1cc(C[C@@H](O)C(=O)O)cc(OC)c1OC. The predicted octanol–water partition coefficient (Wildman–Crippen LogP) is 0.700. The van der Waals surface area contributed by atoms with E-state index in [1.54, 1.807) is 12.1 Å². The Labute approximate surface area is 105 Å². The first-order valence-corrected chi connectivity index (χ1v) is 5.23. The van der Waals surface area contributed by atoms with E-state index in [-0.39, 0.29) is 6.42 Å². The van der Waals surface area contributed by atoms with Gasteiger partial charge in [-0.15, -0.1) is 0 Å². The third kappa shape index (κ3) is 3.04. The molecule has 18 heavy (non-hydrogen) atoms. The van der Waals surface area contributed by atoms with Crippen molar-refractivity contribution in [3.8, 4) is 17.2 Å². The number of methoxy groups -OCH3 is 3. The molecule has 1 rings (SSSR count). The predicted molar refractivity (Wildman–Crippen MR) is 63.4 cm³/mol. The molecule has 6 heteroatoms. The first-order valence-electron chi connectivity index (χ1n) is 5.23. The van der Waals surface area contributed by atoms with Crippen LogP contribution in [0.25, 0.3) is 0 Å². The number of rotatable bonds is 6. The van der Waals surface area contributed by atoms with Crippen LogP contribution in [0.1, 0.15) is 5.56 Å². The summed E-state index contributed by atoms with van der Waals surface area (Å²) in [4.78, 5) is 10.6. The Kier molecular flexibility index (Phi) is 4.79. The van der Waals surface area contributed by atoms with Gasteiger partial charge in [-0.05, 0) is 17.7 Å². The van der Waals surface area contributed by atoms with Crippen molar-refractivity contribution in [3.05, 3.63) is 17.7 Å². The van der Waals surface area contributed by atoms with Gasteiger partial charge >= 0.3 is 5.97 Å². The largest absolute Gasteiger partial charge is 0.493 e. The number of ether oxygens (including phenoxy) is 3. The molecular weight excluding hydrogens is 240 g/mol. The van der Waals surface area contributed by atoms with Crippen LogP contribution in [-0.2, 0) is 11.2 Å². The molecule has 6 nitrogen and oxygen atoms in total. The van der Waals surface area contributed by atoms with Crippen LogP contribution in [0, 0.1) is 0 Å². The molecule has 1 aromatic rings. The van der Waals surface area contributed by atoms with Crippen LogP contribution in [0.5, 0.6) is 17.2 Å². The van der Waals surface area contributed by atoms with Crippen LogP contribution in [0.3, 0.4) is 0 Å². The van der Waals surface area contributed by atoms with Gasteiger partial charge in [0, 0.05) is 6.42 Å². The smallest absolute Gasteiger partial charge is 0.332 e. The molecule has 0 aliphatic heterocycles. The molecule has 0 unspecified atom stereocenters. The second-order valence-electron chi connectivity index (χ2n) is 3.59. The Morgan fingerprint density at radius 1 is 1.17 bits per heavy atom. The third-order valence-corrected chi connectivity index (χ3v) is 2.44. The highest BCUT2D eigenvalue weighted by Crippen LogP contribution is 2.38. The van der Waals surface area contributed by atoms with Gasteiger partial charge in [0.25, 0.3) is 0 Å². The van der Waals surface area contributed by atoms with E-state index in [0.717, 1.165) is 0 Å². The molecule has 0 saturated carbocycles. The van der Waals surface area contributed by atoms with Gasteiger partial charge in [0.1, 0.15) is 0 Å². The first kappa shape index (κ1) is 14.1. The average molecular weight is 256 g/mol. The first-order chi connectivity index (χ1) is 8.53. The van der Waals surface area contributed by atoms with Crippen molar-refractivity contribution in [2.24, 2.45) is 0 Å². The lowest BCUT2D eigenvalue weighted by Gasteiger charge is -2.14. The summed E-state index contributed by atoms with van der Waals surface area (Å²) in [7, 11) is 4.41. The minimum absolute atomic E-state index is 0.0357. The van der Waals surface area contributed by atoms with Gasteiger partial charge in [-0.3, -0.25) is 0 Å². The van der Waals surface area contributed by atoms with Crippen LogP contribution in [-0.4, -0.2) is 43.6 Å². The van der Waals surface area contributed by atoms with Crippen molar-refractivity contribution in [3.63, 3.8) is 0 Å². The molecule has 0 fully saturated rings. The lowest BCUT2D eigenvalue weighted by Crippen LogP contribution is -2.22. The van der Waals surface area contributed by atoms with E-state index in [1.165, 1.54) is 21.3 Å². The summed E-state index contributed by atoms with van der Waals surface area (Å²) in [6.45, 7) is 0. The summed E-state index contributed by atoms with van der Waals surface area (Å²) >= 11 is 0. The van der Waals surface area contributed by atoms with Crippen molar-refractivity contribution in [2.75, 3.05) is 21.3 Å². The molecule has 100 valence electrons. The fourth-order valence-corrected chi connectivity index (χ4v) is 1.56. The number of carboxylic acids is 1. The van der Waals surface area contributed by atoms with E-state index in [4.69, 9.17) is 19.3 Å². The molecule has 0 radical (unpaired) electrons. The highest BCUT2D eigenvalue weighted by Gasteiger charge is 2.18. The van der Waals surface area contributed by atoms with Crippen LogP contribution in [0.15, 0.2) is 12.1 Å². The monoisotopic (exact) mass is 256 g/mol. The number of aliphatic hydroxyl groups excluding tert-OH is 1. The Hall–Kier alpha value is -1.95. The maximum Gasteiger partial charge on any atom is 0.332 e. The number of aliphatic carboxylic acids is 1. The van der Waals surface area contributed by atoms with Gasteiger partial charge < -0.3 is 24.4 Å². The van der Waals surface area contributed by atoms with Crippen LogP contribution in [0.4, 0.5) is 0 Å². The highest BCUT2D eigenvalue weighted by molar-refractivity contribution is 5.72. The van der Waals surface area contributed by atoms with Crippen LogP contribution >= 0.6 is 0 Å². The minimum atomic E-state index is -1.46. The standard InChI is InChI=1S/C12H16O6/c1-16-9-5-7(4-8(13)12(14)15)6-10(17-2)11(9)18-3/h5-6,8,13H,4H2,1-3H3,(H,14,15)/t8-/m1/s1. The fraction of sp³-hybridized carbons (Fsp3) is 0.417. The average Bonchev–Trinajstić information content (AvgIpc) is 2.37. The number of carboxylic acid groups (broad SMARTS) is 1. The summed E-state index contributed by atoms with van der Waals surface area (Å²) in [6, 6.07) is 3.21. The molecular formula is C12H16O6. The summed E-state index contributed by atoms with van der Waals surface area (Å²) < 4.78 is 15.4. The lowest BCUT2D eigenvalue weighted by molar-refractivity contribution is -0.146. The van der Waals surface area contributed by atoms with Crippen molar-refractivity contribution in [2.45, 2.75) is 12.5 Å². The van der Waals surface area contributed by atoms with Gasteiger partial charge in [0.15, 0.2) is 17.6 Å². The second kappa shape index (κ2) is 6.11. The molecule has 0 aromatic heterocycles. The lowest BCUT2D eigenvalue weighted by atomic mass is 10.1. The molecule has 0 amide bonds. The Morgan fingerprint density at radius 3 is 2.00 bits per heavy atom. The molecule has 0 spiro atoms. The van der Waals surface area contributed by atoms with Crippen LogP contribution < -0.4 is 14.2 Å². The van der Waals surface area contributed by atoms with Gasteiger partial charge in [-0.1, -0.05) is 0 Å². The van der Waals surface area contributed by atoms with Crippen molar-refractivity contribution < 1.29 is 29.2 Å². The number of hydrogen-bond donors (Lipinski definition) is 2. The highest BCUT2D eigenvalue weighted by atomic mass is 16.5. The number of hydrogen-bond acceptors (Lipinski definition) is 5. The van der Waals surface area contributed by atoms with E-state index in [2.05, 4.69) is 0 Å². The molecule has 0 aliphatic rings. The molecule has 0 saturated heterocycles. The quantitative estimate of drug-likeness (QED) is 0.779.